The third-order valence-electron chi connectivity index (χ3n) is 3.64. The van der Waals surface area contributed by atoms with Crippen LogP contribution in [0.4, 0.5) is 0 Å². The third-order valence-corrected chi connectivity index (χ3v) is 3.64. The van der Waals surface area contributed by atoms with Gasteiger partial charge in [-0.05, 0) is 37.6 Å². The molecule has 1 saturated heterocycles. The Bertz CT molecular complexity index is 525. The minimum atomic E-state index is -0.371. The summed E-state index contributed by atoms with van der Waals surface area (Å²) in [6.07, 6.45) is 0.479. The molecule has 1 aliphatic rings. The van der Waals surface area contributed by atoms with Crippen molar-refractivity contribution in [2.75, 3.05) is 19.7 Å². The zero-order chi connectivity index (χ0) is 14.5. The quantitative estimate of drug-likeness (QED) is 0.786. The number of likely N-dealkylation sites (tertiary alicyclic amines) is 1. The second-order valence-corrected chi connectivity index (χ2v) is 5.08. The molecule has 0 bridgehead atoms. The van der Waals surface area contributed by atoms with Gasteiger partial charge in [0.1, 0.15) is 6.61 Å². The van der Waals surface area contributed by atoms with E-state index in [4.69, 9.17) is 5.11 Å². The topological polar surface area (TPSA) is 60.8 Å². The van der Waals surface area contributed by atoms with Gasteiger partial charge in [-0.1, -0.05) is 11.8 Å². The molecule has 4 heteroatoms. The highest BCUT2D eigenvalue weighted by Crippen LogP contribution is 2.21. The van der Waals surface area contributed by atoms with E-state index in [1.54, 1.807) is 36.1 Å². The molecule has 20 heavy (non-hydrogen) atoms. The zero-order valence-electron chi connectivity index (χ0n) is 11.5. The number of benzene rings is 1. The lowest BCUT2D eigenvalue weighted by molar-refractivity contribution is 0.0762. The zero-order valence-corrected chi connectivity index (χ0v) is 11.5. The van der Waals surface area contributed by atoms with Crippen LogP contribution >= 0.6 is 0 Å². The predicted octanol–water partition coefficient (Wildman–Crippen LogP) is 0.873. The van der Waals surface area contributed by atoms with Crippen molar-refractivity contribution in [1.82, 2.24) is 4.90 Å². The van der Waals surface area contributed by atoms with E-state index in [0.29, 0.717) is 18.7 Å². The van der Waals surface area contributed by atoms with Gasteiger partial charge in [-0.2, -0.15) is 0 Å². The van der Waals surface area contributed by atoms with E-state index in [9.17, 15) is 9.90 Å². The van der Waals surface area contributed by atoms with Crippen molar-refractivity contribution in [3.63, 3.8) is 0 Å². The van der Waals surface area contributed by atoms with Crippen molar-refractivity contribution in [1.29, 1.82) is 0 Å². The second-order valence-electron chi connectivity index (χ2n) is 5.08. The number of aliphatic hydroxyl groups is 2. The first-order valence-electron chi connectivity index (χ1n) is 6.79. The van der Waals surface area contributed by atoms with E-state index < -0.39 is 0 Å². The van der Waals surface area contributed by atoms with Crippen LogP contribution in [-0.4, -0.2) is 46.8 Å². The van der Waals surface area contributed by atoms with Crippen molar-refractivity contribution < 1.29 is 15.0 Å². The normalized spacial score (nSPS) is 19.4. The van der Waals surface area contributed by atoms with Crippen LogP contribution in [0.2, 0.25) is 0 Å². The first-order valence-corrected chi connectivity index (χ1v) is 6.79. The fourth-order valence-electron chi connectivity index (χ4n) is 2.39. The summed E-state index contributed by atoms with van der Waals surface area (Å²) in [6.45, 7) is 2.91. The standard InChI is InChI=1S/C16H19NO3/c1-12(19)15-8-9-17(11-15)16(20)14-6-4-13(5-7-14)3-2-10-18/h4-7,12,15,18-19H,8-11H2,1H3. The Labute approximate surface area is 119 Å². The molecular formula is C16H19NO3. The van der Waals surface area contributed by atoms with Crippen molar-refractivity contribution in [2.24, 2.45) is 5.92 Å². The predicted molar refractivity (Wildman–Crippen MR) is 76.1 cm³/mol. The molecule has 1 heterocycles. The van der Waals surface area contributed by atoms with Crippen LogP contribution in [0.15, 0.2) is 24.3 Å². The molecule has 0 aromatic heterocycles. The number of hydrogen-bond donors (Lipinski definition) is 2. The lowest BCUT2D eigenvalue weighted by Gasteiger charge is -2.17. The van der Waals surface area contributed by atoms with Crippen LogP contribution in [0, 0.1) is 17.8 Å². The molecule has 2 atom stereocenters. The number of hydrogen-bond acceptors (Lipinski definition) is 3. The van der Waals surface area contributed by atoms with Crippen LogP contribution in [0.1, 0.15) is 29.3 Å². The van der Waals surface area contributed by atoms with Gasteiger partial charge in [-0.3, -0.25) is 4.79 Å². The Kier molecular flexibility index (Phi) is 4.78. The molecule has 1 aliphatic heterocycles. The lowest BCUT2D eigenvalue weighted by Crippen LogP contribution is -2.30. The summed E-state index contributed by atoms with van der Waals surface area (Å²) in [6, 6.07) is 7.05. The maximum Gasteiger partial charge on any atom is 0.253 e. The van der Waals surface area contributed by atoms with Crippen LogP contribution in [0.3, 0.4) is 0 Å². The number of nitrogens with zero attached hydrogens (tertiary/aromatic N) is 1. The molecule has 0 radical (unpaired) electrons. The molecule has 2 rings (SSSR count). The smallest absolute Gasteiger partial charge is 0.253 e. The minimum absolute atomic E-state index is 0.00480. The van der Waals surface area contributed by atoms with Crippen molar-refractivity contribution >= 4 is 5.91 Å². The summed E-state index contributed by atoms with van der Waals surface area (Å²) in [4.78, 5) is 14.1. The maximum atomic E-state index is 12.3. The molecule has 1 amide bonds. The maximum absolute atomic E-state index is 12.3. The number of rotatable bonds is 2. The van der Waals surface area contributed by atoms with E-state index in [2.05, 4.69) is 11.8 Å². The Morgan fingerprint density at radius 2 is 2.15 bits per heavy atom. The number of amides is 1. The molecule has 2 unspecified atom stereocenters. The molecule has 0 aliphatic carbocycles. The molecule has 0 spiro atoms. The minimum Gasteiger partial charge on any atom is -0.393 e. The summed E-state index contributed by atoms with van der Waals surface area (Å²) in [5.41, 5.74) is 1.41. The summed E-state index contributed by atoms with van der Waals surface area (Å²) in [7, 11) is 0. The summed E-state index contributed by atoms with van der Waals surface area (Å²) < 4.78 is 0. The molecule has 1 aromatic rings. The Balaban J connectivity index is 2.03. The van der Waals surface area contributed by atoms with Gasteiger partial charge in [-0.15, -0.1) is 0 Å². The van der Waals surface area contributed by atoms with E-state index >= 15 is 0 Å². The van der Waals surface area contributed by atoms with Crippen molar-refractivity contribution in [2.45, 2.75) is 19.4 Å². The molecule has 0 saturated carbocycles. The highest BCUT2D eigenvalue weighted by molar-refractivity contribution is 5.94. The first-order chi connectivity index (χ1) is 9.61. The van der Waals surface area contributed by atoms with Gasteiger partial charge >= 0.3 is 0 Å². The van der Waals surface area contributed by atoms with Gasteiger partial charge in [-0.25, -0.2) is 0 Å². The van der Waals surface area contributed by atoms with Gasteiger partial charge in [0.05, 0.1) is 6.10 Å². The Morgan fingerprint density at radius 3 is 2.70 bits per heavy atom. The molecule has 2 N–H and O–H groups in total. The summed E-state index contributed by atoms with van der Waals surface area (Å²) in [5, 5.41) is 18.2. The number of carbonyl (C=O) groups is 1. The van der Waals surface area contributed by atoms with E-state index in [0.717, 1.165) is 12.0 Å². The van der Waals surface area contributed by atoms with E-state index in [1.165, 1.54) is 0 Å². The Morgan fingerprint density at radius 1 is 1.45 bits per heavy atom. The fourth-order valence-corrected chi connectivity index (χ4v) is 2.39. The average Bonchev–Trinajstić information content (AvgIpc) is 2.95. The highest BCUT2D eigenvalue weighted by Gasteiger charge is 2.29. The average molecular weight is 273 g/mol. The lowest BCUT2D eigenvalue weighted by atomic mass is 10.0. The first kappa shape index (κ1) is 14.6. The van der Waals surface area contributed by atoms with Crippen LogP contribution < -0.4 is 0 Å². The van der Waals surface area contributed by atoms with Crippen LogP contribution in [0.5, 0.6) is 0 Å². The molecule has 4 nitrogen and oxygen atoms in total. The van der Waals surface area contributed by atoms with Gasteiger partial charge in [0.15, 0.2) is 0 Å². The largest absolute Gasteiger partial charge is 0.393 e. The van der Waals surface area contributed by atoms with Crippen LogP contribution in [-0.2, 0) is 0 Å². The van der Waals surface area contributed by atoms with Gasteiger partial charge in [0.2, 0.25) is 0 Å². The fraction of sp³-hybridized carbons (Fsp3) is 0.438. The van der Waals surface area contributed by atoms with Crippen LogP contribution in [0.25, 0.3) is 0 Å². The second kappa shape index (κ2) is 6.56. The van der Waals surface area contributed by atoms with E-state index in [1.807, 2.05) is 0 Å². The van der Waals surface area contributed by atoms with Gasteiger partial charge < -0.3 is 15.1 Å². The van der Waals surface area contributed by atoms with Gasteiger partial charge in [0, 0.05) is 30.1 Å². The summed E-state index contributed by atoms with van der Waals surface area (Å²) >= 11 is 0. The molecule has 1 fully saturated rings. The third kappa shape index (κ3) is 3.38. The SMILES string of the molecule is CC(O)C1CCN(C(=O)c2ccc(C#CCO)cc2)C1. The van der Waals surface area contributed by atoms with Gasteiger partial charge in [0.25, 0.3) is 5.91 Å². The summed E-state index contributed by atoms with van der Waals surface area (Å²) in [5.74, 6) is 5.53. The Hall–Kier alpha value is -1.83. The highest BCUT2D eigenvalue weighted by atomic mass is 16.3. The number of carbonyl (C=O) groups excluding carboxylic acids is 1. The van der Waals surface area contributed by atoms with Crippen molar-refractivity contribution in [3.8, 4) is 11.8 Å². The number of aliphatic hydroxyl groups excluding tert-OH is 2. The molecule has 1 aromatic carbocycles. The van der Waals surface area contributed by atoms with Crippen molar-refractivity contribution in [3.05, 3.63) is 35.4 Å². The monoisotopic (exact) mass is 273 g/mol. The molecular weight excluding hydrogens is 254 g/mol. The molecule has 106 valence electrons. The van der Waals surface area contributed by atoms with E-state index in [-0.39, 0.29) is 24.5 Å².